The summed E-state index contributed by atoms with van der Waals surface area (Å²) in [5, 5.41) is 16.6. The van der Waals surface area contributed by atoms with Gasteiger partial charge in [0.15, 0.2) is 0 Å². The average molecular weight is 853 g/mol. The quantitative estimate of drug-likeness (QED) is 0.0606. The minimum atomic E-state index is -0.137. The Labute approximate surface area is 365 Å². The molecule has 0 bridgehead atoms. The van der Waals surface area contributed by atoms with Crippen LogP contribution >= 0.6 is 23.2 Å². The molecular formula is C48H59Cl2N7O3. The number of nitrogens with one attached hydrogen (secondary N) is 2. The molecule has 0 aliphatic heterocycles. The molecule has 2 N–H and O–H groups in total. The standard InChI is InChI=1S/C45H51Cl2N7O2.C2H6.CH2O/c1-9-34(30(4)51-52(6)7)41-39(46)14-13-36-35(11-10-22-56-33-23-28(2)42(47)29(3)24-33)43(54(44(36)41)21-20-48-5)38-27-53(8)40-15-12-32(25-37(38)40)45(55)50-26-31-16-18-49-19-17-31;2*1-2/h9,12-19,23-25,27,48H,10-11,20-22,26H2,1-8H3,(H,50,55);1-2H3;1H2/b34-9-,51-30-;;. The lowest BCUT2D eigenvalue weighted by atomic mass is 9.96. The second kappa shape index (κ2) is 22.3. The molecule has 318 valence electrons. The molecule has 6 rings (SSSR count). The van der Waals surface area contributed by atoms with Gasteiger partial charge in [0.2, 0.25) is 0 Å². The van der Waals surface area contributed by atoms with Crippen LogP contribution in [0.1, 0.15) is 72.3 Å². The highest BCUT2D eigenvalue weighted by Gasteiger charge is 2.26. The molecule has 0 unspecified atom stereocenters. The van der Waals surface area contributed by atoms with Crippen molar-refractivity contribution < 1.29 is 14.3 Å². The molecule has 60 heavy (non-hydrogen) atoms. The number of carbonyl (C=O) groups excluding carboxylic acids is 2. The largest absolute Gasteiger partial charge is 0.494 e. The zero-order valence-corrected chi connectivity index (χ0v) is 38.2. The van der Waals surface area contributed by atoms with E-state index in [0.29, 0.717) is 30.3 Å². The number of aryl methyl sites for hydroxylation is 4. The molecule has 1 amide bonds. The molecule has 0 fully saturated rings. The summed E-state index contributed by atoms with van der Waals surface area (Å²) in [6, 6.07) is 17.9. The summed E-state index contributed by atoms with van der Waals surface area (Å²) >= 11 is 13.7. The third kappa shape index (κ3) is 10.7. The zero-order valence-electron chi connectivity index (χ0n) is 36.7. The molecule has 3 aromatic heterocycles. The van der Waals surface area contributed by atoms with Gasteiger partial charge in [-0.1, -0.05) is 49.2 Å². The minimum absolute atomic E-state index is 0.137. The maximum atomic E-state index is 13.6. The molecule has 3 aromatic carbocycles. The molecule has 0 saturated heterocycles. The number of fused-ring (bicyclic) bond motifs is 2. The van der Waals surface area contributed by atoms with Crippen molar-refractivity contribution >= 4 is 69.0 Å². The summed E-state index contributed by atoms with van der Waals surface area (Å²) in [6.45, 7) is 16.4. The van der Waals surface area contributed by atoms with E-state index in [0.717, 1.165) is 96.8 Å². The van der Waals surface area contributed by atoms with Crippen LogP contribution in [-0.4, -0.2) is 71.8 Å². The molecular weight excluding hydrogens is 793 g/mol. The van der Waals surface area contributed by atoms with E-state index in [9.17, 15) is 4.79 Å². The van der Waals surface area contributed by atoms with E-state index >= 15 is 0 Å². The lowest BCUT2D eigenvalue weighted by Crippen LogP contribution is -2.22. The van der Waals surface area contributed by atoms with Crippen molar-refractivity contribution in [3.8, 4) is 17.0 Å². The van der Waals surface area contributed by atoms with Crippen LogP contribution in [0, 0.1) is 13.8 Å². The van der Waals surface area contributed by atoms with Crippen LogP contribution in [0.2, 0.25) is 10.0 Å². The number of allylic oxidation sites excluding steroid dienone is 2. The molecule has 0 aliphatic carbocycles. The number of nitrogens with zero attached hydrogens (tertiary/aromatic N) is 5. The molecule has 0 saturated carbocycles. The fourth-order valence-electron chi connectivity index (χ4n) is 7.58. The van der Waals surface area contributed by atoms with Gasteiger partial charge in [-0.2, -0.15) is 5.10 Å². The number of rotatable bonds is 15. The highest BCUT2D eigenvalue weighted by atomic mass is 35.5. The van der Waals surface area contributed by atoms with E-state index in [1.807, 2.05) is 123 Å². The fraction of sp³-hybridized carbons (Fsp3) is 0.333. The van der Waals surface area contributed by atoms with Crippen LogP contribution in [0.5, 0.6) is 5.75 Å². The molecule has 12 heteroatoms. The number of benzene rings is 3. The zero-order chi connectivity index (χ0) is 44.1. The first-order valence-corrected chi connectivity index (χ1v) is 21.0. The van der Waals surface area contributed by atoms with Gasteiger partial charge in [-0.05, 0) is 118 Å². The van der Waals surface area contributed by atoms with E-state index in [4.69, 9.17) is 37.8 Å². The Kier molecular flexibility index (Phi) is 17.5. The number of likely N-dealkylation sites (N-methyl/N-ethyl adjacent to an activating group) is 1. The van der Waals surface area contributed by atoms with Crippen LogP contribution < -0.4 is 15.4 Å². The molecule has 10 nitrogen and oxygen atoms in total. The van der Waals surface area contributed by atoms with E-state index in [1.165, 1.54) is 5.56 Å². The summed E-state index contributed by atoms with van der Waals surface area (Å²) < 4.78 is 10.9. The normalized spacial score (nSPS) is 11.5. The molecule has 6 aromatic rings. The molecule has 3 heterocycles. The molecule has 0 radical (unpaired) electrons. The van der Waals surface area contributed by atoms with Crippen molar-refractivity contribution in [2.45, 2.75) is 67.5 Å². The second-order valence-corrected chi connectivity index (χ2v) is 15.2. The third-order valence-corrected chi connectivity index (χ3v) is 11.0. The van der Waals surface area contributed by atoms with Crippen molar-refractivity contribution in [2.75, 3.05) is 34.3 Å². The highest BCUT2D eigenvalue weighted by Crippen LogP contribution is 2.43. The molecule has 0 atom stereocenters. The Bertz CT molecular complexity index is 2440. The lowest BCUT2D eigenvalue weighted by Gasteiger charge is -2.17. The van der Waals surface area contributed by atoms with Crippen LogP contribution in [0.15, 0.2) is 84.4 Å². The maximum Gasteiger partial charge on any atom is 0.251 e. The van der Waals surface area contributed by atoms with Gasteiger partial charge in [0.25, 0.3) is 5.91 Å². The SMILES string of the molecule is C/C=C(/C(C)=N\N(C)C)c1c(Cl)ccc2c(CCCOc3cc(C)c(Cl)c(C)c3)c(-c3cn(C)c4ccc(C(=O)NCc5ccncc5)cc34)n(CCNC)c12.C=O.CC. The highest BCUT2D eigenvalue weighted by molar-refractivity contribution is 6.37. The number of hydrogen-bond donors (Lipinski definition) is 2. The van der Waals surface area contributed by atoms with Crippen LogP contribution in [0.3, 0.4) is 0 Å². The van der Waals surface area contributed by atoms with Crippen LogP contribution in [-0.2, 0) is 31.4 Å². The Balaban J connectivity index is 0.00000193. The van der Waals surface area contributed by atoms with Gasteiger partial charge in [-0.25, -0.2) is 0 Å². The summed E-state index contributed by atoms with van der Waals surface area (Å²) in [4.78, 5) is 25.7. The van der Waals surface area contributed by atoms with E-state index in [1.54, 1.807) is 12.4 Å². The van der Waals surface area contributed by atoms with Crippen molar-refractivity contribution in [3.63, 3.8) is 0 Å². The summed E-state index contributed by atoms with van der Waals surface area (Å²) in [7, 11) is 7.87. The van der Waals surface area contributed by atoms with E-state index in [-0.39, 0.29) is 5.91 Å². The monoisotopic (exact) mass is 851 g/mol. The minimum Gasteiger partial charge on any atom is -0.494 e. The summed E-state index contributed by atoms with van der Waals surface area (Å²) in [5.41, 5.74) is 11.8. The van der Waals surface area contributed by atoms with Crippen molar-refractivity contribution in [1.82, 2.24) is 29.8 Å². The average Bonchev–Trinajstić information content (AvgIpc) is 3.74. The lowest BCUT2D eigenvalue weighted by molar-refractivity contribution is -0.0980. The number of halogens is 2. The Hall–Kier alpha value is -5.42. The smallest absolute Gasteiger partial charge is 0.251 e. The van der Waals surface area contributed by atoms with Crippen molar-refractivity contribution in [2.24, 2.45) is 12.1 Å². The number of hydrazone groups is 1. The maximum absolute atomic E-state index is 13.6. The number of pyridine rings is 1. The summed E-state index contributed by atoms with van der Waals surface area (Å²) in [5.74, 6) is 0.675. The van der Waals surface area contributed by atoms with E-state index in [2.05, 4.69) is 50.1 Å². The van der Waals surface area contributed by atoms with Gasteiger partial charge in [-0.3, -0.25) is 9.78 Å². The topological polar surface area (TPSA) is 106 Å². The first kappa shape index (κ1) is 47.3. The predicted molar refractivity (Wildman–Crippen MR) is 252 cm³/mol. The Morgan fingerprint density at radius 2 is 1.68 bits per heavy atom. The fourth-order valence-corrected chi connectivity index (χ4v) is 7.94. The third-order valence-electron chi connectivity index (χ3n) is 10.1. The van der Waals surface area contributed by atoms with Crippen LogP contribution in [0.4, 0.5) is 0 Å². The Morgan fingerprint density at radius 1 is 1.00 bits per heavy atom. The van der Waals surface area contributed by atoms with Gasteiger partial charge in [0, 0.05) is 103 Å². The van der Waals surface area contributed by atoms with Gasteiger partial charge in [0.1, 0.15) is 12.5 Å². The first-order chi connectivity index (χ1) is 28.9. The van der Waals surface area contributed by atoms with Gasteiger partial charge in [-0.15, -0.1) is 0 Å². The van der Waals surface area contributed by atoms with Gasteiger partial charge >= 0.3 is 0 Å². The number of hydrogen-bond acceptors (Lipinski definition) is 7. The first-order valence-electron chi connectivity index (χ1n) is 20.3. The van der Waals surface area contributed by atoms with E-state index < -0.39 is 0 Å². The van der Waals surface area contributed by atoms with Crippen molar-refractivity contribution in [3.05, 3.63) is 123 Å². The number of ether oxygens (including phenoxy) is 1. The molecule has 0 spiro atoms. The number of aromatic nitrogens is 3. The summed E-state index contributed by atoms with van der Waals surface area (Å²) in [6.07, 6.45) is 9.24. The predicted octanol–water partition coefficient (Wildman–Crippen LogP) is 10.5. The Morgan fingerprint density at radius 3 is 2.32 bits per heavy atom. The van der Waals surface area contributed by atoms with Crippen molar-refractivity contribution in [1.29, 1.82) is 0 Å². The van der Waals surface area contributed by atoms with Gasteiger partial charge in [0.05, 0.1) is 28.6 Å². The van der Waals surface area contributed by atoms with Gasteiger partial charge < -0.3 is 34.3 Å². The molecule has 0 aliphatic rings. The second-order valence-electron chi connectivity index (χ2n) is 14.4. The number of amides is 1. The van der Waals surface area contributed by atoms with Crippen LogP contribution in [0.25, 0.3) is 38.6 Å². The number of carbonyl (C=O) groups is 2.